The van der Waals surface area contributed by atoms with Gasteiger partial charge in [-0.25, -0.2) is 8.42 Å². The number of nitrogens with one attached hydrogen (secondary N) is 1. The molecule has 1 aliphatic rings. The number of amides is 1. The summed E-state index contributed by atoms with van der Waals surface area (Å²) in [6.45, 7) is 2.70. The molecule has 0 spiro atoms. The van der Waals surface area contributed by atoms with E-state index in [0.29, 0.717) is 30.1 Å². The minimum absolute atomic E-state index is 0.0246. The number of carbonyl (C=O) groups excluding carboxylic acids is 1. The molecule has 7 heteroatoms. The van der Waals surface area contributed by atoms with Crippen molar-refractivity contribution in [2.45, 2.75) is 43.9 Å². The van der Waals surface area contributed by atoms with Crippen molar-refractivity contribution < 1.29 is 17.9 Å². The lowest BCUT2D eigenvalue weighted by Crippen LogP contribution is -2.24. The third kappa shape index (κ3) is 4.47. The summed E-state index contributed by atoms with van der Waals surface area (Å²) in [5.41, 5.74) is 2.18. The summed E-state index contributed by atoms with van der Waals surface area (Å²) in [6.07, 6.45) is 4.42. The average Bonchev–Trinajstić information content (AvgIpc) is 3.12. The summed E-state index contributed by atoms with van der Waals surface area (Å²) in [4.78, 5) is 13.8. The van der Waals surface area contributed by atoms with Crippen LogP contribution in [0, 0.1) is 0 Å². The number of nitrogens with zero attached hydrogens (tertiary/aromatic N) is 1. The van der Waals surface area contributed by atoms with E-state index in [-0.39, 0.29) is 10.8 Å². The zero-order chi connectivity index (χ0) is 20.1. The van der Waals surface area contributed by atoms with Crippen molar-refractivity contribution in [2.75, 3.05) is 23.3 Å². The van der Waals surface area contributed by atoms with Crippen LogP contribution in [0.3, 0.4) is 0 Å². The van der Waals surface area contributed by atoms with E-state index in [1.807, 2.05) is 12.1 Å². The molecular formula is C21H26N2O4S. The molecule has 2 aromatic rings. The fourth-order valence-electron chi connectivity index (χ4n) is 3.29. The fourth-order valence-corrected chi connectivity index (χ4v) is 4.36. The van der Waals surface area contributed by atoms with Crippen molar-refractivity contribution in [3.05, 3.63) is 48.0 Å². The molecule has 28 heavy (non-hydrogen) atoms. The molecule has 150 valence electrons. The molecule has 1 N–H and O–H groups in total. The highest BCUT2D eigenvalue weighted by atomic mass is 32.2. The molecule has 3 rings (SSSR count). The van der Waals surface area contributed by atoms with Gasteiger partial charge >= 0.3 is 0 Å². The molecule has 6 nitrogen and oxygen atoms in total. The van der Waals surface area contributed by atoms with Gasteiger partial charge in [0.1, 0.15) is 5.75 Å². The lowest BCUT2D eigenvalue weighted by atomic mass is 10.1. The first-order chi connectivity index (χ1) is 13.4. The Balaban J connectivity index is 1.84. The van der Waals surface area contributed by atoms with E-state index >= 15 is 0 Å². The van der Waals surface area contributed by atoms with Crippen LogP contribution in [0.4, 0.5) is 11.4 Å². The number of rotatable bonds is 8. The van der Waals surface area contributed by atoms with Crippen LogP contribution in [0.1, 0.15) is 38.2 Å². The second-order valence-corrected chi connectivity index (χ2v) is 8.57. The third-order valence-electron chi connectivity index (χ3n) is 4.85. The maximum absolute atomic E-state index is 12.9. The van der Waals surface area contributed by atoms with E-state index in [2.05, 4.69) is 11.6 Å². The summed E-state index contributed by atoms with van der Waals surface area (Å²) in [5, 5.41) is 0. The standard InChI is InChI=1S/C21H26N2O4S/c1-3-4-6-16-8-10-17(11-9-16)22-28(25,26)18-12-13-20(27-2)19(15-18)23-14-5-7-21(23)24/h8-13,15,22H,3-7,14H2,1-2H3. The van der Waals surface area contributed by atoms with E-state index in [1.54, 1.807) is 23.1 Å². The van der Waals surface area contributed by atoms with Crippen LogP contribution in [0.5, 0.6) is 5.75 Å². The molecule has 1 fully saturated rings. The maximum Gasteiger partial charge on any atom is 0.261 e. The maximum atomic E-state index is 12.9. The number of hydrogen-bond donors (Lipinski definition) is 1. The first-order valence-electron chi connectivity index (χ1n) is 9.55. The Morgan fingerprint density at radius 2 is 1.89 bits per heavy atom. The van der Waals surface area contributed by atoms with E-state index in [9.17, 15) is 13.2 Å². The monoisotopic (exact) mass is 402 g/mol. The van der Waals surface area contributed by atoms with Crippen LogP contribution in [0.25, 0.3) is 0 Å². The van der Waals surface area contributed by atoms with Crippen LogP contribution in [0.15, 0.2) is 47.4 Å². The minimum atomic E-state index is -3.78. The zero-order valence-corrected chi connectivity index (χ0v) is 17.1. The Hall–Kier alpha value is -2.54. The van der Waals surface area contributed by atoms with Gasteiger partial charge in [-0.05, 0) is 55.2 Å². The third-order valence-corrected chi connectivity index (χ3v) is 6.23. The Kier molecular flexibility index (Phi) is 6.24. The van der Waals surface area contributed by atoms with Gasteiger partial charge in [0.15, 0.2) is 0 Å². The predicted molar refractivity (Wildman–Crippen MR) is 110 cm³/mol. The summed E-state index contributed by atoms with van der Waals surface area (Å²) < 4.78 is 33.6. The van der Waals surface area contributed by atoms with Gasteiger partial charge < -0.3 is 9.64 Å². The summed E-state index contributed by atoms with van der Waals surface area (Å²) in [6, 6.07) is 12.0. The lowest BCUT2D eigenvalue weighted by Gasteiger charge is -2.20. The SMILES string of the molecule is CCCCc1ccc(NS(=O)(=O)c2ccc(OC)c(N3CCCC3=O)c2)cc1. The van der Waals surface area contributed by atoms with Crippen LogP contribution in [-0.4, -0.2) is 28.0 Å². The smallest absolute Gasteiger partial charge is 0.261 e. The van der Waals surface area contributed by atoms with E-state index < -0.39 is 10.0 Å². The molecule has 2 aromatic carbocycles. The number of unbranched alkanes of at least 4 members (excludes halogenated alkanes) is 1. The van der Waals surface area contributed by atoms with Crippen molar-refractivity contribution in [3.63, 3.8) is 0 Å². The number of methoxy groups -OCH3 is 1. The Morgan fingerprint density at radius 1 is 1.14 bits per heavy atom. The summed E-state index contributed by atoms with van der Waals surface area (Å²) in [5.74, 6) is 0.456. The normalized spacial score (nSPS) is 14.4. The summed E-state index contributed by atoms with van der Waals surface area (Å²) in [7, 11) is -2.28. The molecule has 1 heterocycles. The van der Waals surface area contributed by atoms with Crippen molar-refractivity contribution in [1.82, 2.24) is 0 Å². The van der Waals surface area contributed by atoms with Crippen LogP contribution in [0.2, 0.25) is 0 Å². The zero-order valence-electron chi connectivity index (χ0n) is 16.3. The van der Waals surface area contributed by atoms with E-state index in [1.165, 1.54) is 24.8 Å². The fraction of sp³-hybridized carbons (Fsp3) is 0.381. The molecule has 1 amide bonds. The number of sulfonamides is 1. The highest BCUT2D eigenvalue weighted by molar-refractivity contribution is 7.92. The van der Waals surface area contributed by atoms with Gasteiger partial charge in [-0.2, -0.15) is 0 Å². The average molecular weight is 403 g/mol. The molecule has 0 saturated carbocycles. The Morgan fingerprint density at radius 3 is 2.50 bits per heavy atom. The van der Waals surface area contributed by atoms with Gasteiger partial charge in [-0.3, -0.25) is 9.52 Å². The van der Waals surface area contributed by atoms with Gasteiger partial charge in [0.25, 0.3) is 10.0 Å². The second kappa shape index (κ2) is 8.65. The van der Waals surface area contributed by atoms with Crippen LogP contribution in [-0.2, 0) is 21.2 Å². The minimum Gasteiger partial charge on any atom is -0.495 e. The molecule has 0 radical (unpaired) electrons. The number of anilines is 2. The lowest BCUT2D eigenvalue weighted by molar-refractivity contribution is -0.117. The van der Waals surface area contributed by atoms with Crippen molar-refractivity contribution in [1.29, 1.82) is 0 Å². The predicted octanol–water partition coefficient (Wildman–Crippen LogP) is 3.97. The van der Waals surface area contributed by atoms with Crippen molar-refractivity contribution >= 4 is 27.3 Å². The Labute approximate surface area is 166 Å². The molecular weight excluding hydrogens is 376 g/mol. The quantitative estimate of drug-likeness (QED) is 0.725. The van der Waals surface area contributed by atoms with Gasteiger partial charge in [0.05, 0.1) is 17.7 Å². The van der Waals surface area contributed by atoms with Crippen molar-refractivity contribution in [2.24, 2.45) is 0 Å². The topological polar surface area (TPSA) is 75.7 Å². The Bertz CT molecular complexity index is 939. The number of ether oxygens (including phenoxy) is 1. The molecule has 1 saturated heterocycles. The number of hydrogen-bond acceptors (Lipinski definition) is 4. The van der Waals surface area contributed by atoms with E-state index in [0.717, 1.165) is 25.7 Å². The van der Waals surface area contributed by atoms with Crippen LogP contribution >= 0.6 is 0 Å². The molecule has 0 aliphatic carbocycles. The van der Waals surface area contributed by atoms with Crippen LogP contribution < -0.4 is 14.4 Å². The molecule has 0 aromatic heterocycles. The number of carbonyl (C=O) groups is 1. The van der Waals surface area contributed by atoms with Gasteiger partial charge in [0.2, 0.25) is 5.91 Å². The highest BCUT2D eigenvalue weighted by Crippen LogP contribution is 2.34. The van der Waals surface area contributed by atoms with E-state index in [4.69, 9.17) is 4.74 Å². The van der Waals surface area contributed by atoms with Gasteiger partial charge in [-0.15, -0.1) is 0 Å². The van der Waals surface area contributed by atoms with Gasteiger partial charge in [-0.1, -0.05) is 25.5 Å². The first kappa shape index (κ1) is 20.2. The second-order valence-electron chi connectivity index (χ2n) is 6.89. The number of benzene rings is 2. The molecule has 0 bridgehead atoms. The number of aryl methyl sites for hydroxylation is 1. The molecule has 1 aliphatic heterocycles. The van der Waals surface area contributed by atoms with Gasteiger partial charge in [0, 0.05) is 18.7 Å². The largest absolute Gasteiger partial charge is 0.495 e. The van der Waals surface area contributed by atoms with Crippen molar-refractivity contribution in [3.8, 4) is 5.75 Å². The first-order valence-corrected chi connectivity index (χ1v) is 11.0. The summed E-state index contributed by atoms with van der Waals surface area (Å²) >= 11 is 0. The molecule has 0 atom stereocenters. The highest BCUT2D eigenvalue weighted by Gasteiger charge is 2.26. The molecule has 0 unspecified atom stereocenters.